The van der Waals surface area contributed by atoms with E-state index in [1.807, 2.05) is 30.3 Å². The third-order valence-electron chi connectivity index (χ3n) is 3.67. The molecular weight excluding hydrogens is 334 g/mol. The molecule has 6 heteroatoms. The Morgan fingerprint density at radius 2 is 1.87 bits per heavy atom. The first kappa shape index (κ1) is 17.8. The van der Waals surface area contributed by atoms with Gasteiger partial charge < -0.3 is 4.74 Å². The number of nitrogens with one attached hydrogen (secondary N) is 1. The predicted octanol–water partition coefficient (Wildman–Crippen LogP) is 3.82. The number of hydrogen-bond acceptors (Lipinski definition) is 3. The van der Waals surface area contributed by atoms with Crippen LogP contribution in [-0.4, -0.2) is 22.1 Å². The number of sulfonamides is 1. The molecule has 0 bridgehead atoms. The van der Waals surface area contributed by atoms with Crippen LogP contribution in [0.5, 0.6) is 5.75 Å². The molecule has 0 saturated carbocycles. The molecule has 1 atom stereocenters. The smallest absolute Gasteiger partial charge is 0.240 e. The monoisotopic (exact) mass is 353 g/mol. The molecule has 0 aliphatic heterocycles. The molecule has 0 heterocycles. The van der Waals surface area contributed by atoms with Crippen LogP contribution in [0.4, 0.5) is 0 Å². The first-order chi connectivity index (χ1) is 10.9. The summed E-state index contributed by atoms with van der Waals surface area (Å²) >= 11 is 5.98. The lowest BCUT2D eigenvalue weighted by Crippen LogP contribution is -2.25. The van der Waals surface area contributed by atoms with Crippen molar-refractivity contribution in [1.29, 1.82) is 0 Å². The third kappa shape index (κ3) is 4.70. The number of methoxy groups -OCH3 is 1. The number of rotatable bonds is 7. The van der Waals surface area contributed by atoms with Crippen molar-refractivity contribution in [1.82, 2.24) is 4.72 Å². The van der Waals surface area contributed by atoms with Gasteiger partial charge in [0, 0.05) is 6.54 Å². The van der Waals surface area contributed by atoms with E-state index in [9.17, 15) is 8.42 Å². The van der Waals surface area contributed by atoms with Crippen molar-refractivity contribution in [2.45, 2.75) is 24.2 Å². The minimum absolute atomic E-state index is 0.135. The van der Waals surface area contributed by atoms with Crippen LogP contribution in [0.1, 0.15) is 24.8 Å². The first-order valence-electron chi connectivity index (χ1n) is 7.32. The highest BCUT2D eigenvalue weighted by Crippen LogP contribution is 2.27. The lowest BCUT2D eigenvalue weighted by molar-refractivity contribution is 0.414. The van der Waals surface area contributed by atoms with Crippen molar-refractivity contribution >= 4 is 21.6 Å². The molecule has 0 radical (unpaired) electrons. The molecule has 1 unspecified atom stereocenters. The van der Waals surface area contributed by atoms with E-state index in [-0.39, 0.29) is 15.8 Å². The standard InChI is InChI=1S/C17H20ClNO3S/c1-13(14-6-4-3-5-7-14)10-11-19-23(20,21)15-8-9-17(22-2)16(18)12-15/h3-9,12-13,19H,10-11H2,1-2H3. The van der Waals surface area contributed by atoms with E-state index in [1.165, 1.54) is 24.8 Å². The summed E-state index contributed by atoms with van der Waals surface area (Å²) in [6, 6.07) is 14.4. The summed E-state index contributed by atoms with van der Waals surface area (Å²) in [5.41, 5.74) is 1.19. The summed E-state index contributed by atoms with van der Waals surface area (Å²) < 4.78 is 32.2. The van der Waals surface area contributed by atoms with Gasteiger partial charge in [0.2, 0.25) is 10.0 Å². The summed E-state index contributed by atoms with van der Waals surface area (Å²) in [5, 5.41) is 0.271. The molecule has 0 aliphatic rings. The van der Waals surface area contributed by atoms with Gasteiger partial charge in [-0.15, -0.1) is 0 Å². The van der Waals surface area contributed by atoms with E-state index < -0.39 is 10.0 Å². The van der Waals surface area contributed by atoms with Crippen LogP contribution in [0, 0.1) is 0 Å². The normalized spacial score (nSPS) is 12.8. The van der Waals surface area contributed by atoms with Crippen LogP contribution in [0.2, 0.25) is 5.02 Å². The van der Waals surface area contributed by atoms with Gasteiger partial charge in [0.1, 0.15) is 5.75 Å². The van der Waals surface area contributed by atoms with Gasteiger partial charge in [-0.2, -0.15) is 0 Å². The average molecular weight is 354 g/mol. The van der Waals surface area contributed by atoms with Gasteiger partial charge in [-0.1, -0.05) is 48.9 Å². The maximum absolute atomic E-state index is 12.3. The zero-order valence-corrected chi connectivity index (χ0v) is 14.7. The van der Waals surface area contributed by atoms with Crippen LogP contribution in [0.25, 0.3) is 0 Å². The average Bonchev–Trinajstić information content (AvgIpc) is 2.55. The second kappa shape index (κ2) is 7.81. The molecule has 2 aromatic carbocycles. The molecule has 124 valence electrons. The van der Waals surface area contributed by atoms with Crippen molar-refractivity contribution < 1.29 is 13.2 Å². The fraction of sp³-hybridized carbons (Fsp3) is 0.294. The summed E-state index contributed by atoms with van der Waals surface area (Å²) in [7, 11) is -2.09. The zero-order chi connectivity index (χ0) is 16.9. The van der Waals surface area contributed by atoms with Crippen molar-refractivity contribution in [3.63, 3.8) is 0 Å². The minimum atomic E-state index is -3.58. The summed E-state index contributed by atoms with van der Waals surface area (Å²) in [4.78, 5) is 0.135. The van der Waals surface area contributed by atoms with Crippen molar-refractivity contribution in [2.75, 3.05) is 13.7 Å². The van der Waals surface area contributed by atoms with Gasteiger partial charge in [-0.3, -0.25) is 0 Å². The Hall–Kier alpha value is -1.56. The first-order valence-corrected chi connectivity index (χ1v) is 9.18. The highest BCUT2D eigenvalue weighted by molar-refractivity contribution is 7.89. The molecule has 2 rings (SSSR count). The topological polar surface area (TPSA) is 55.4 Å². The summed E-state index contributed by atoms with van der Waals surface area (Å²) in [5.74, 6) is 0.724. The second-order valence-corrected chi connectivity index (χ2v) is 7.47. The van der Waals surface area contributed by atoms with E-state index in [4.69, 9.17) is 16.3 Å². The fourth-order valence-corrected chi connectivity index (χ4v) is 3.65. The number of benzene rings is 2. The molecular formula is C17H20ClNO3S. The molecule has 1 N–H and O–H groups in total. The molecule has 0 aromatic heterocycles. The summed E-state index contributed by atoms with van der Waals surface area (Å²) in [6.07, 6.45) is 0.715. The molecule has 0 amide bonds. The van der Waals surface area contributed by atoms with Crippen molar-refractivity contribution in [3.05, 3.63) is 59.1 Å². The van der Waals surface area contributed by atoms with Crippen LogP contribution in [0.15, 0.2) is 53.4 Å². The Morgan fingerprint density at radius 1 is 1.17 bits per heavy atom. The van der Waals surface area contributed by atoms with Crippen LogP contribution in [-0.2, 0) is 10.0 Å². The molecule has 23 heavy (non-hydrogen) atoms. The van der Waals surface area contributed by atoms with Crippen molar-refractivity contribution in [2.24, 2.45) is 0 Å². The van der Waals surface area contributed by atoms with E-state index >= 15 is 0 Å². The molecule has 4 nitrogen and oxygen atoms in total. The number of ether oxygens (including phenoxy) is 1. The van der Waals surface area contributed by atoms with Crippen molar-refractivity contribution in [3.8, 4) is 5.75 Å². The Morgan fingerprint density at radius 3 is 2.48 bits per heavy atom. The predicted molar refractivity (Wildman–Crippen MR) is 92.7 cm³/mol. The Balaban J connectivity index is 1.98. The van der Waals surface area contributed by atoms with E-state index in [0.717, 1.165) is 0 Å². The molecule has 2 aromatic rings. The maximum Gasteiger partial charge on any atom is 0.240 e. The highest BCUT2D eigenvalue weighted by atomic mass is 35.5. The van der Waals surface area contributed by atoms with Crippen LogP contribution in [0.3, 0.4) is 0 Å². The van der Waals surface area contributed by atoms with Gasteiger partial charge in [-0.25, -0.2) is 13.1 Å². The van der Waals surface area contributed by atoms with E-state index in [1.54, 1.807) is 6.07 Å². The van der Waals surface area contributed by atoms with Crippen LogP contribution >= 0.6 is 11.6 Å². The zero-order valence-electron chi connectivity index (χ0n) is 13.1. The SMILES string of the molecule is COc1ccc(S(=O)(=O)NCCC(C)c2ccccc2)cc1Cl. The quantitative estimate of drug-likeness (QED) is 0.823. The lowest BCUT2D eigenvalue weighted by atomic mass is 9.98. The molecule has 0 saturated heterocycles. The van der Waals surface area contributed by atoms with Gasteiger partial charge in [0.05, 0.1) is 17.0 Å². The fourth-order valence-electron chi connectivity index (χ4n) is 2.26. The lowest BCUT2D eigenvalue weighted by Gasteiger charge is -2.13. The second-order valence-electron chi connectivity index (χ2n) is 5.29. The molecule has 0 spiro atoms. The minimum Gasteiger partial charge on any atom is -0.495 e. The van der Waals surface area contributed by atoms with Gasteiger partial charge in [0.15, 0.2) is 0 Å². The summed E-state index contributed by atoms with van der Waals surface area (Å²) in [6.45, 7) is 2.44. The van der Waals surface area contributed by atoms with Crippen LogP contribution < -0.4 is 9.46 Å². The largest absolute Gasteiger partial charge is 0.495 e. The third-order valence-corrected chi connectivity index (χ3v) is 5.43. The molecule has 0 aliphatic carbocycles. The highest BCUT2D eigenvalue weighted by Gasteiger charge is 2.16. The van der Waals surface area contributed by atoms with E-state index in [0.29, 0.717) is 18.7 Å². The van der Waals surface area contributed by atoms with Gasteiger partial charge in [0.25, 0.3) is 0 Å². The van der Waals surface area contributed by atoms with Gasteiger partial charge >= 0.3 is 0 Å². The molecule has 0 fully saturated rings. The maximum atomic E-state index is 12.3. The Labute approximate surface area is 142 Å². The number of halogens is 1. The van der Waals surface area contributed by atoms with E-state index in [2.05, 4.69) is 11.6 Å². The number of hydrogen-bond donors (Lipinski definition) is 1. The Bertz CT molecular complexity index is 748. The Kier molecular flexibility index (Phi) is 6.04. The van der Waals surface area contributed by atoms with Gasteiger partial charge in [-0.05, 0) is 36.1 Å².